The Morgan fingerprint density at radius 1 is 1.25 bits per heavy atom. The standard InChI is InChI=1S/C9H22NOP/c1-5-10(2)8-6-7-9-11-12(3)4/h5-9H2,1-4H3. The van der Waals surface area contributed by atoms with Gasteiger partial charge < -0.3 is 9.42 Å². The van der Waals surface area contributed by atoms with Crippen LogP contribution in [0.15, 0.2) is 0 Å². The Bertz CT molecular complexity index is 98.5. The highest BCUT2D eigenvalue weighted by molar-refractivity contribution is 7.50. The minimum atomic E-state index is -0.150. The number of hydrogen-bond acceptors (Lipinski definition) is 2. The Morgan fingerprint density at radius 3 is 2.42 bits per heavy atom. The smallest absolute Gasteiger partial charge is 0.0509 e. The van der Waals surface area contributed by atoms with Gasteiger partial charge in [-0.2, -0.15) is 0 Å². The van der Waals surface area contributed by atoms with E-state index in [-0.39, 0.29) is 8.15 Å². The minimum Gasteiger partial charge on any atom is -0.360 e. The van der Waals surface area contributed by atoms with Crippen LogP contribution in [0.5, 0.6) is 0 Å². The van der Waals surface area contributed by atoms with Gasteiger partial charge in [0.1, 0.15) is 0 Å². The second kappa shape index (κ2) is 7.97. The van der Waals surface area contributed by atoms with Crippen molar-refractivity contribution in [2.45, 2.75) is 19.8 Å². The van der Waals surface area contributed by atoms with Crippen LogP contribution < -0.4 is 0 Å². The van der Waals surface area contributed by atoms with E-state index >= 15 is 0 Å². The molecule has 0 saturated carbocycles. The molecule has 0 aromatic heterocycles. The van der Waals surface area contributed by atoms with Crippen LogP contribution in [0.25, 0.3) is 0 Å². The summed E-state index contributed by atoms with van der Waals surface area (Å²) in [6.45, 7) is 9.77. The van der Waals surface area contributed by atoms with Gasteiger partial charge in [0.15, 0.2) is 0 Å². The summed E-state index contributed by atoms with van der Waals surface area (Å²) in [5.74, 6) is 0. The van der Waals surface area contributed by atoms with E-state index in [1.54, 1.807) is 0 Å². The molecule has 3 heteroatoms. The highest BCUT2D eigenvalue weighted by Gasteiger charge is 1.95. The fourth-order valence-electron chi connectivity index (χ4n) is 0.889. The first-order valence-corrected chi connectivity index (χ1v) is 6.81. The van der Waals surface area contributed by atoms with Gasteiger partial charge in [0.2, 0.25) is 0 Å². The van der Waals surface area contributed by atoms with Crippen molar-refractivity contribution in [2.75, 3.05) is 40.1 Å². The van der Waals surface area contributed by atoms with Crippen molar-refractivity contribution in [2.24, 2.45) is 0 Å². The molecule has 74 valence electrons. The zero-order valence-electron chi connectivity index (χ0n) is 8.84. The van der Waals surface area contributed by atoms with Crippen molar-refractivity contribution >= 4 is 8.15 Å². The molecule has 12 heavy (non-hydrogen) atoms. The zero-order valence-corrected chi connectivity index (χ0v) is 9.73. The quantitative estimate of drug-likeness (QED) is 0.452. The predicted molar refractivity (Wildman–Crippen MR) is 57.1 cm³/mol. The molecule has 2 nitrogen and oxygen atoms in total. The van der Waals surface area contributed by atoms with Gasteiger partial charge in [0, 0.05) is 8.15 Å². The fourth-order valence-corrected chi connectivity index (χ4v) is 1.38. The van der Waals surface area contributed by atoms with Crippen molar-refractivity contribution in [3.05, 3.63) is 0 Å². The van der Waals surface area contributed by atoms with Crippen molar-refractivity contribution in [1.29, 1.82) is 0 Å². The lowest BCUT2D eigenvalue weighted by atomic mass is 10.3. The molecule has 0 fully saturated rings. The van der Waals surface area contributed by atoms with Gasteiger partial charge in [-0.25, -0.2) is 0 Å². The van der Waals surface area contributed by atoms with Crippen LogP contribution in [0.1, 0.15) is 19.8 Å². The summed E-state index contributed by atoms with van der Waals surface area (Å²) in [6, 6.07) is 0. The lowest BCUT2D eigenvalue weighted by Crippen LogP contribution is -2.18. The summed E-state index contributed by atoms with van der Waals surface area (Å²) in [6.07, 6.45) is 2.46. The number of unbranched alkanes of at least 4 members (excludes halogenated alkanes) is 1. The van der Waals surface area contributed by atoms with E-state index in [1.165, 1.54) is 19.4 Å². The molecule has 0 aromatic rings. The molecule has 0 aliphatic heterocycles. The molecule has 0 saturated heterocycles. The number of hydrogen-bond donors (Lipinski definition) is 0. The van der Waals surface area contributed by atoms with Crippen molar-refractivity contribution in [1.82, 2.24) is 4.90 Å². The zero-order chi connectivity index (χ0) is 9.40. The Kier molecular flexibility index (Phi) is 8.20. The van der Waals surface area contributed by atoms with E-state index in [1.807, 2.05) is 0 Å². The molecule has 0 aliphatic rings. The average Bonchev–Trinajstić information content (AvgIpc) is 2.03. The molecule has 0 spiro atoms. The van der Waals surface area contributed by atoms with E-state index in [0.717, 1.165) is 13.2 Å². The summed E-state index contributed by atoms with van der Waals surface area (Å²) >= 11 is 0. The molecule has 0 bridgehead atoms. The number of rotatable bonds is 7. The molecular weight excluding hydrogens is 169 g/mol. The van der Waals surface area contributed by atoms with E-state index < -0.39 is 0 Å². The summed E-state index contributed by atoms with van der Waals surface area (Å²) in [5.41, 5.74) is 0. The maximum Gasteiger partial charge on any atom is 0.0509 e. The first kappa shape index (κ1) is 12.3. The number of nitrogens with zero attached hydrogens (tertiary/aromatic N) is 1. The second-order valence-electron chi connectivity index (χ2n) is 3.25. The molecular formula is C9H22NOP. The predicted octanol–water partition coefficient (Wildman–Crippen LogP) is 2.39. The van der Waals surface area contributed by atoms with Crippen LogP contribution in [-0.2, 0) is 4.52 Å². The SMILES string of the molecule is CCN(C)CCCCOP(C)C. The third-order valence-corrected chi connectivity index (χ3v) is 2.52. The van der Waals surface area contributed by atoms with E-state index in [4.69, 9.17) is 4.52 Å². The van der Waals surface area contributed by atoms with Gasteiger partial charge in [-0.3, -0.25) is 0 Å². The Morgan fingerprint density at radius 2 is 1.92 bits per heavy atom. The third kappa shape index (κ3) is 8.45. The highest BCUT2D eigenvalue weighted by Crippen LogP contribution is 2.25. The van der Waals surface area contributed by atoms with E-state index in [9.17, 15) is 0 Å². The molecule has 0 radical (unpaired) electrons. The first-order valence-electron chi connectivity index (χ1n) is 4.65. The summed E-state index contributed by atoms with van der Waals surface area (Å²) < 4.78 is 5.50. The van der Waals surface area contributed by atoms with Crippen molar-refractivity contribution in [3.8, 4) is 0 Å². The van der Waals surface area contributed by atoms with Crippen molar-refractivity contribution < 1.29 is 4.52 Å². The molecule has 0 aromatic carbocycles. The summed E-state index contributed by atoms with van der Waals surface area (Å²) in [7, 11) is 2.01. The van der Waals surface area contributed by atoms with Gasteiger partial charge in [-0.1, -0.05) is 6.92 Å². The maximum absolute atomic E-state index is 5.50. The Labute approximate surface area is 78.1 Å². The third-order valence-electron chi connectivity index (χ3n) is 1.82. The van der Waals surface area contributed by atoms with Gasteiger partial charge >= 0.3 is 0 Å². The molecule has 0 unspecified atom stereocenters. The van der Waals surface area contributed by atoms with Gasteiger partial charge in [-0.15, -0.1) is 0 Å². The topological polar surface area (TPSA) is 12.5 Å². The second-order valence-corrected chi connectivity index (χ2v) is 5.13. The van der Waals surface area contributed by atoms with Crippen LogP contribution >= 0.6 is 8.15 Å². The lowest BCUT2D eigenvalue weighted by Gasteiger charge is -2.13. The van der Waals surface area contributed by atoms with Crippen LogP contribution in [0.4, 0.5) is 0 Å². The van der Waals surface area contributed by atoms with Crippen LogP contribution in [-0.4, -0.2) is 45.0 Å². The van der Waals surface area contributed by atoms with Crippen LogP contribution in [0, 0.1) is 0 Å². The van der Waals surface area contributed by atoms with Gasteiger partial charge in [0.05, 0.1) is 6.61 Å². The fraction of sp³-hybridized carbons (Fsp3) is 1.00. The molecule has 0 N–H and O–H groups in total. The Balaban J connectivity index is 3.00. The molecule has 0 aliphatic carbocycles. The lowest BCUT2D eigenvalue weighted by molar-refractivity contribution is 0.303. The average molecular weight is 191 g/mol. The maximum atomic E-state index is 5.50. The van der Waals surface area contributed by atoms with Crippen LogP contribution in [0.2, 0.25) is 0 Å². The van der Waals surface area contributed by atoms with Crippen LogP contribution in [0.3, 0.4) is 0 Å². The molecule has 0 atom stereocenters. The monoisotopic (exact) mass is 191 g/mol. The molecule has 0 rings (SSSR count). The first-order chi connectivity index (χ1) is 5.66. The van der Waals surface area contributed by atoms with E-state index in [0.29, 0.717) is 0 Å². The Hall–Kier alpha value is 0.350. The summed E-state index contributed by atoms with van der Waals surface area (Å²) in [5, 5.41) is 0. The highest BCUT2D eigenvalue weighted by atomic mass is 31.1. The van der Waals surface area contributed by atoms with Crippen molar-refractivity contribution in [3.63, 3.8) is 0 Å². The normalized spacial score (nSPS) is 11.5. The summed E-state index contributed by atoms with van der Waals surface area (Å²) in [4.78, 5) is 2.33. The largest absolute Gasteiger partial charge is 0.360 e. The molecule has 0 amide bonds. The van der Waals surface area contributed by atoms with Gasteiger partial charge in [-0.05, 0) is 46.3 Å². The van der Waals surface area contributed by atoms with E-state index in [2.05, 4.69) is 32.2 Å². The molecule has 0 heterocycles. The minimum absolute atomic E-state index is 0.150. The van der Waals surface area contributed by atoms with Gasteiger partial charge in [0.25, 0.3) is 0 Å².